The number of benzene rings is 1. The molecule has 8 heteroatoms. The first-order valence-electron chi connectivity index (χ1n) is 12.8. The van der Waals surface area contributed by atoms with Crippen molar-refractivity contribution in [1.29, 1.82) is 0 Å². The fraction of sp³-hybridized carbons (Fsp3) is 0.679. The highest BCUT2D eigenvalue weighted by molar-refractivity contribution is 5.93. The Morgan fingerprint density at radius 2 is 1.72 bits per heavy atom. The molecule has 0 aliphatic heterocycles. The molecule has 202 valence electrons. The van der Waals surface area contributed by atoms with Crippen molar-refractivity contribution >= 4 is 17.9 Å². The minimum atomic E-state index is -1.05. The minimum Gasteiger partial charge on any atom is -0.507 e. The van der Waals surface area contributed by atoms with Crippen LogP contribution in [0, 0.1) is 18.8 Å². The van der Waals surface area contributed by atoms with E-state index >= 15 is 0 Å². The van der Waals surface area contributed by atoms with Gasteiger partial charge in [0, 0.05) is 17.1 Å². The number of alkyl carbamates (subject to hydrolysis) is 1. The monoisotopic (exact) mass is 503 g/mol. The number of para-hydroxylation sites is 1. The zero-order valence-electron chi connectivity index (χ0n) is 23.6. The summed E-state index contributed by atoms with van der Waals surface area (Å²) >= 11 is 0. The molecule has 3 amide bonds. The van der Waals surface area contributed by atoms with Gasteiger partial charge in [-0.05, 0) is 78.7 Å². The van der Waals surface area contributed by atoms with Gasteiger partial charge in [0.2, 0.25) is 11.8 Å². The smallest absolute Gasteiger partial charge is 0.408 e. The summed E-state index contributed by atoms with van der Waals surface area (Å²) in [6, 6.07) is 3.08. The number of aromatic hydroxyl groups is 1. The van der Waals surface area contributed by atoms with Crippen molar-refractivity contribution in [1.82, 2.24) is 15.5 Å². The van der Waals surface area contributed by atoms with E-state index in [1.54, 1.807) is 50.8 Å². The number of hydrogen-bond donors (Lipinski definition) is 3. The Morgan fingerprint density at radius 1 is 1.14 bits per heavy atom. The maximum Gasteiger partial charge on any atom is 0.408 e. The Hall–Kier alpha value is -2.77. The average Bonchev–Trinajstić information content (AvgIpc) is 3.40. The maximum absolute atomic E-state index is 14.2. The second-order valence-corrected chi connectivity index (χ2v) is 12.5. The van der Waals surface area contributed by atoms with Crippen molar-refractivity contribution in [3.63, 3.8) is 0 Å². The summed E-state index contributed by atoms with van der Waals surface area (Å²) in [5, 5.41) is 16.7. The first-order chi connectivity index (χ1) is 16.4. The molecule has 0 aromatic heterocycles. The molecular weight excluding hydrogens is 458 g/mol. The highest BCUT2D eigenvalue weighted by atomic mass is 16.6. The number of nitrogens with zero attached hydrogens (tertiary/aromatic N) is 1. The van der Waals surface area contributed by atoms with Crippen LogP contribution in [-0.4, -0.2) is 51.1 Å². The van der Waals surface area contributed by atoms with Crippen LogP contribution in [0.3, 0.4) is 0 Å². The van der Waals surface area contributed by atoms with Crippen LogP contribution < -0.4 is 10.6 Å². The van der Waals surface area contributed by atoms with Gasteiger partial charge in [0.15, 0.2) is 0 Å². The number of ether oxygens (including phenoxy) is 1. The molecule has 1 fully saturated rings. The number of rotatable bonds is 8. The van der Waals surface area contributed by atoms with Crippen molar-refractivity contribution < 1.29 is 24.2 Å². The summed E-state index contributed by atoms with van der Waals surface area (Å²) in [4.78, 5) is 42.2. The molecule has 36 heavy (non-hydrogen) atoms. The summed E-state index contributed by atoms with van der Waals surface area (Å²) in [5.74, 6) is -0.470. The van der Waals surface area contributed by atoms with Gasteiger partial charge >= 0.3 is 6.09 Å². The number of carbonyl (C=O) groups excluding carboxylic acids is 3. The summed E-state index contributed by atoms with van der Waals surface area (Å²) in [7, 11) is 0. The Bertz CT molecular complexity index is 961. The van der Waals surface area contributed by atoms with E-state index in [2.05, 4.69) is 10.6 Å². The SMILES string of the molecule is Cc1cccc(C(C(=O)NC(C)(C)C)N(C(=O)C(CC(C)C)NC(=O)OC(C)(C)C)C2CC2C)c1O. The largest absolute Gasteiger partial charge is 0.507 e. The Balaban J connectivity index is 2.57. The van der Waals surface area contributed by atoms with Gasteiger partial charge in [0.05, 0.1) is 0 Å². The Labute approximate surface area is 216 Å². The highest BCUT2D eigenvalue weighted by Gasteiger charge is 2.49. The average molecular weight is 504 g/mol. The molecule has 0 heterocycles. The van der Waals surface area contributed by atoms with Crippen molar-refractivity contribution in [2.24, 2.45) is 11.8 Å². The molecular formula is C28H45N3O5. The molecule has 1 aromatic rings. The summed E-state index contributed by atoms with van der Waals surface area (Å²) < 4.78 is 5.43. The normalized spacial score (nSPS) is 19.3. The third kappa shape index (κ3) is 8.14. The van der Waals surface area contributed by atoms with Crippen molar-refractivity contribution in [2.45, 2.75) is 111 Å². The van der Waals surface area contributed by atoms with Gasteiger partial charge in [0.25, 0.3) is 0 Å². The second kappa shape index (κ2) is 11.1. The maximum atomic E-state index is 14.2. The molecule has 4 atom stereocenters. The van der Waals surface area contributed by atoms with Crippen molar-refractivity contribution in [3.8, 4) is 5.75 Å². The van der Waals surface area contributed by atoms with Crippen LogP contribution in [0.4, 0.5) is 4.79 Å². The second-order valence-electron chi connectivity index (χ2n) is 12.5. The minimum absolute atomic E-state index is 0.0156. The lowest BCUT2D eigenvalue weighted by molar-refractivity contribution is -0.144. The van der Waals surface area contributed by atoms with Gasteiger partial charge in [-0.2, -0.15) is 0 Å². The van der Waals surface area contributed by atoms with Gasteiger partial charge in [-0.3, -0.25) is 9.59 Å². The van der Waals surface area contributed by atoms with Crippen LogP contribution in [0.25, 0.3) is 0 Å². The predicted octanol–water partition coefficient (Wildman–Crippen LogP) is 4.83. The molecule has 1 aromatic carbocycles. The number of phenols is 1. The van der Waals surface area contributed by atoms with Crippen LogP contribution in [0.2, 0.25) is 0 Å². The number of carbonyl (C=O) groups is 3. The van der Waals surface area contributed by atoms with Crippen LogP contribution in [0.15, 0.2) is 18.2 Å². The van der Waals surface area contributed by atoms with Gasteiger partial charge in [0.1, 0.15) is 23.4 Å². The first-order valence-corrected chi connectivity index (χ1v) is 12.8. The van der Waals surface area contributed by atoms with E-state index in [1.807, 2.05) is 41.5 Å². The molecule has 0 bridgehead atoms. The summed E-state index contributed by atoms with van der Waals surface area (Å²) in [6.07, 6.45) is 0.432. The number of aryl methyl sites for hydroxylation is 1. The topological polar surface area (TPSA) is 108 Å². The lowest BCUT2D eigenvalue weighted by atomic mass is 9.96. The highest BCUT2D eigenvalue weighted by Crippen LogP contribution is 2.43. The van der Waals surface area contributed by atoms with E-state index in [9.17, 15) is 19.5 Å². The van der Waals surface area contributed by atoms with Crippen LogP contribution in [0.1, 0.15) is 92.3 Å². The molecule has 0 saturated heterocycles. The summed E-state index contributed by atoms with van der Waals surface area (Å²) in [6.45, 7) is 18.6. The Morgan fingerprint density at radius 3 is 2.19 bits per heavy atom. The van der Waals surface area contributed by atoms with Crippen LogP contribution in [-0.2, 0) is 14.3 Å². The molecule has 4 unspecified atom stereocenters. The zero-order chi connectivity index (χ0) is 27.6. The van der Waals surface area contributed by atoms with Gasteiger partial charge in [-0.15, -0.1) is 0 Å². The van der Waals surface area contributed by atoms with Gasteiger partial charge in [-0.1, -0.05) is 39.0 Å². The number of nitrogens with one attached hydrogen (secondary N) is 2. The lowest BCUT2D eigenvalue weighted by Crippen LogP contribution is -2.55. The van der Waals surface area contributed by atoms with E-state index in [-0.39, 0.29) is 35.4 Å². The van der Waals surface area contributed by atoms with E-state index in [1.165, 1.54) is 0 Å². The predicted molar refractivity (Wildman–Crippen MR) is 141 cm³/mol. The quantitative estimate of drug-likeness (QED) is 0.471. The molecule has 1 aliphatic rings. The Kier molecular flexibility index (Phi) is 9.08. The zero-order valence-corrected chi connectivity index (χ0v) is 23.6. The van der Waals surface area contributed by atoms with E-state index in [0.717, 1.165) is 6.42 Å². The standard InChI is InChI=1S/C28H45N3O5/c1-16(2)14-20(29-26(35)36-28(8,9)10)25(34)31(21-15-18(21)4)22(24(33)30-27(5,6)7)19-13-11-12-17(3)23(19)32/h11-13,16,18,20-22,32H,14-15H2,1-10H3,(H,29,35)(H,30,33). The molecule has 1 saturated carbocycles. The molecule has 1 aliphatic carbocycles. The van der Waals surface area contributed by atoms with Crippen LogP contribution in [0.5, 0.6) is 5.75 Å². The fourth-order valence-electron chi connectivity index (χ4n) is 4.25. The van der Waals surface area contributed by atoms with Crippen molar-refractivity contribution in [2.75, 3.05) is 0 Å². The molecule has 3 N–H and O–H groups in total. The van der Waals surface area contributed by atoms with E-state index in [4.69, 9.17) is 4.74 Å². The van der Waals surface area contributed by atoms with E-state index in [0.29, 0.717) is 17.5 Å². The van der Waals surface area contributed by atoms with E-state index < -0.39 is 29.3 Å². The molecule has 8 nitrogen and oxygen atoms in total. The third-order valence-electron chi connectivity index (χ3n) is 5.96. The summed E-state index contributed by atoms with van der Waals surface area (Å²) in [5.41, 5.74) is -0.291. The van der Waals surface area contributed by atoms with Crippen molar-refractivity contribution in [3.05, 3.63) is 29.3 Å². The van der Waals surface area contributed by atoms with Gasteiger partial charge in [-0.25, -0.2) is 4.79 Å². The lowest BCUT2D eigenvalue weighted by Gasteiger charge is -2.37. The fourth-order valence-corrected chi connectivity index (χ4v) is 4.25. The first kappa shape index (κ1) is 29.5. The third-order valence-corrected chi connectivity index (χ3v) is 5.96. The number of phenolic OH excluding ortho intramolecular Hbond substituents is 1. The van der Waals surface area contributed by atoms with Gasteiger partial charge < -0.3 is 25.4 Å². The molecule has 0 spiro atoms. The molecule has 0 radical (unpaired) electrons. The number of hydrogen-bond acceptors (Lipinski definition) is 5. The number of amides is 3. The molecule has 2 rings (SSSR count). The van der Waals surface area contributed by atoms with Crippen LogP contribution >= 0.6 is 0 Å².